The minimum Gasteiger partial charge on any atom is -0.441 e. The molecule has 6 heteroatoms. The van der Waals surface area contributed by atoms with E-state index in [1.807, 2.05) is 12.1 Å². The molecule has 0 aliphatic heterocycles. The highest BCUT2D eigenvalue weighted by molar-refractivity contribution is 6.30. The van der Waals surface area contributed by atoms with Crippen LogP contribution in [-0.2, 0) is 6.54 Å². The van der Waals surface area contributed by atoms with E-state index >= 15 is 0 Å². The van der Waals surface area contributed by atoms with Crippen LogP contribution in [0, 0.1) is 6.92 Å². The first kappa shape index (κ1) is 15.2. The van der Waals surface area contributed by atoms with Gasteiger partial charge in [-0.2, -0.15) is 0 Å². The number of hydrogen-bond acceptors (Lipinski definition) is 4. The molecule has 0 unspecified atom stereocenters. The van der Waals surface area contributed by atoms with E-state index in [4.69, 9.17) is 16.0 Å². The van der Waals surface area contributed by atoms with Crippen molar-refractivity contribution in [1.82, 2.24) is 15.3 Å². The second-order valence-corrected chi connectivity index (χ2v) is 5.41. The van der Waals surface area contributed by atoms with E-state index in [-0.39, 0.29) is 11.6 Å². The zero-order valence-corrected chi connectivity index (χ0v) is 13.2. The summed E-state index contributed by atoms with van der Waals surface area (Å²) in [7, 11) is 0. The Morgan fingerprint density at radius 3 is 2.74 bits per heavy atom. The number of pyridine rings is 1. The normalized spacial score (nSPS) is 10.5. The van der Waals surface area contributed by atoms with Gasteiger partial charge >= 0.3 is 0 Å². The molecule has 116 valence electrons. The second-order valence-electron chi connectivity index (χ2n) is 4.97. The highest BCUT2D eigenvalue weighted by Gasteiger charge is 2.17. The number of oxazole rings is 1. The summed E-state index contributed by atoms with van der Waals surface area (Å²) >= 11 is 5.87. The Balaban J connectivity index is 1.75. The second kappa shape index (κ2) is 6.62. The van der Waals surface area contributed by atoms with Crippen molar-refractivity contribution in [2.45, 2.75) is 13.5 Å². The molecule has 0 aliphatic rings. The number of aromatic nitrogens is 2. The fraction of sp³-hybridized carbons (Fsp3) is 0.118. The van der Waals surface area contributed by atoms with Gasteiger partial charge in [-0.3, -0.25) is 9.78 Å². The molecular formula is C17H14ClN3O2. The molecule has 2 aromatic heterocycles. The first-order chi connectivity index (χ1) is 11.1. The maximum atomic E-state index is 12.3. The van der Waals surface area contributed by atoms with Gasteiger partial charge in [0.05, 0.1) is 0 Å². The third kappa shape index (κ3) is 3.57. The standard InChI is InChI=1S/C17H14ClN3O2/c1-11-15(16(22)20-10-12-3-2-8-19-9-12)21-17(23-11)13-4-6-14(18)7-5-13/h2-9H,10H2,1H3,(H,20,22). The van der Waals surface area contributed by atoms with E-state index < -0.39 is 0 Å². The van der Waals surface area contributed by atoms with Gasteiger partial charge in [-0.25, -0.2) is 4.98 Å². The maximum absolute atomic E-state index is 12.3. The molecule has 0 radical (unpaired) electrons. The molecule has 3 rings (SSSR count). The summed E-state index contributed by atoms with van der Waals surface area (Å²) in [5, 5.41) is 3.44. The predicted molar refractivity (Wildman–Crippen MR) is 87.1 cm³/mol. The van der Waals surface area contributed by atoms with Crippen LogP contribution in [0.2, 0.25) is 5.02 Å². The van der Waals surface area contributed by atoms with Crippen molar-refractivity contribution in [2.24, 2.45) is 0 Å². The molecule has 0 saturated carbocycles. The van der Waals surface area contributed by atoms with Gasteiger partial charge in [0.15, 0.2) is 5.69 Å². The van der Waals surface area contributed by atoms with E-state index in [0.29, 0.717) is 23.2 Å². The van der Waals surface area contributed by atoms with Crippen molar-refractivity contribution < 1.29 is 9.21 Å². The van der Waals surface area contributed by atoms with E-state index in [0.717, 1.165) is 11.1 Å². The van der Waals surface area contributed by atoms with Crippen molar-refractivity contribution in [1.29, 1.82) is 0 Å². The lowest BCUT2D eigenvalue weighted by Crippen LogP contribution is -2.23. The number of carbonyl (C=O) groups excluding carboxylic acids is 1. The molecule has 0 bridgehead atoms. The quantitative estimate of drug-likeness (QED) is 0.794. The van der Waals surface area contributed by atoms with Gasteiger partial charge in [0.25, 0.3) is 5.91 Å². The van der Waals surface area contributed by atoms with Crippen LogP contribution in [0.15, 0.2) is 53.2 Å². The zero-order valence-electron chi connectivity index (χ0n) is 12.4. The zero-order chi connectivity index (χ0) is 16.2. The minimum absolute atomic E-state index is 0.277. The summed E-state index contributed by atoms with van der Waals surface area (Å²) in [6.45, 7) is 2.10. The van der Waals surface area contributed by atoms with Crippen molar-refractivity contribution in [3.8, 4) is 11.5 Å². The van der Waals surface area contributed by atoms with Gasteiger partial charge < -0.3 is 9.73 Å². The first-order valence-electron chi connectivity index (χ1n) is 7.04. The SMILES string of the molecule is Cc1oc(-c2ccc(Cl)cc2)nc1C(=O)NCc1cccnc1. The Kier molecular flexibility index (Phi) is 4.39. The van der Waals surface area contributed by atoms with Crippen LogP contribution in [-0.4, -0.2) is 15.9 Å². The van der Waals surface area contributed by atoms with Gasteiger partial charge in [0.1, 0.15) is 5.76 Å². The van der Waals surface area contributed by atoms with Crippen molar-refractivity contribution >= 4 is 17.5 Å². The summed E-state index contributed by atoms with van der Waals surface area (Å²) in [5.74, 6) is 0.583. The van der Waals surface area contributed by atoms with Crippen LogP contribution in [0.25, 0.3) is 11.5 Å². The van der Waals surface area contributed by atoms with Crippen LogP contribution in [0.1, 0.15) is 21.8 Å². The fourth-order valence-electron chi connectivity index (χ4n) is 2.09. The van der Waals surface area contributed by atoms with Gasteiger partial charge in [-0.15, -0.1) is 0 Å². The van der Waals surface area contributed by atoms with E-state index in [1.165, 1.54) is 0 Å². The molecule has 3 aromatic rings. The largest absolute Gasteiger partial charge is 0.441 e. The monoisotopic (exact) mass is 327 g/mol. The lowest BCUT2D eigenvalue weighted by Gasteiger charge is -2.02. The van der Waals surface area contributed by atoms with E-state index in [2.05, 4.69) is 15.3 Å². The van der Waals surface area contributed by atoms with Gasteiger partial charge in [-0.05, 0) is 42.8 Å². The molecular weight excluding hydrogens is 314 g/mol. The lowest BCUT2D eigenvalue weighted by molar-refractivity contribution is 0.0945. The van der Waals surface area contributed by atoms with Crippen molar-refractivity contribution in [3.05, 3.63) is 70.8 Å². The van der Waals surface area contributed by atoms with E-state index in [1.54, 1.807) is 43.6 Å². The molecule has 2 heterocycles. The molecule has 1 amide bonds. The summed E-state index contributed by atoms with van der Waals surface area (Å²) in [6.07, 6.45) is 3.39. The van der Waals surface area contributed by atoms with Gasteiger partial charge in [0.2, 0.25) is 5.89 Å². The molecule has 1 aromatic carbocycles. The van der Waals surface area contributed by atoms with Crippen LogP contribution in [0.5, 0.6) is 0 Å². The van der Waals surface area contributed by atoms with Gasteiger partial charge in [0, 0.05) is 29.5 Å². The number of carbonyl (C=O) groups is 1. The maximum Gasteiger partial charge on any atom is 0.273 e. The van der Waals surface area contributed by atoms with E-state index in [9.17, 15) is 4.79 Å². The summed E-state index contributed by atoms with van der Waals surface area (Å²) in [4.78, 5) is 20.6. The van der Waals surface area contributed by atoms with Crippen LogP contribution >= 0.6 is 11.6 Å². The lowest BCUT2D eigenvalue weighted by atomic mass is 10.2. The molecule has 0 atom stereocenters. The van der Waals surface area contributed by atoms with Crippen molar-refractivity contribution in [2.75, 3.05) is 0 Å². The average molecular weight is 328 g/mol. The topological polar surface area (TPSA) is 68.0 Å². The van der Waals surface area contributed by atoms with Crippen LogP contribution in [0.3, 0.4) is 0 Å². The van der Waals surface area contributed by atoms with Crippen LogP contribution < -0.4 is 5.32 Å². The average Bonchev–Trinajstić information content (AvgIpc) is 2.96. The highest BCUT2D eigenvalue weighted by Crippen LogP contribution is 2.23. The number of halogens is 1. The number of nitrogens with zero attached hydrogens (tertiary/aromatic N) is 2. The summed E-state index contributed by atoms with van der Waals surface area (Å²) in [6, 6.07) is 10.8. The fourth-order valence-corrected chi connectivity index (χ4v) is 2.22. The molecule has 0 spiro atoms. The predicted octanol–water partition coefficient (Wildman–Crippen LogP) is 3.63. The Morgan fingerprint density at radius 1 is 1.26 bits per heavy atom. The number of hydrogen-bond donors (Lipinski definition) is 1. The Bertz CT molecular complexity index is 814. The third-order valence-electron chi connectivity index (χ3n) is 3.28. The third-order valence-corrected chi connectivity index (χ3v) is 3.53. The van der Waals surface area contributed by atoms with Crippen LogP contribution in [0.4, 0.5) is 0 Å². The molecule has 0 aliphatic carbocycles. The number of rotatable bonds is 4. The molecule has 1 N–H and O–H groups in total. The molecule has 23 heavy (non-hydrogen) atoms. The Labute approximate surface area is 138 Å². The number of aryl methyl sites for hydroxylation is 1. The number of nitrogens with one attached hydrogen (secondary N) is 1. The first-order valence-corrected chi connectivity index (χ1v) is 7.42. The molecule has 0 saturated heterocycles. The summed E-state index contributed by atoms with van der Waals surface area (Å²) < 4.78 is 5.59. The Morgan fingerprint density at radius 2 is 2.04 bits per heavy atom. The summed E-state index contributed by atoms with van der Waals surface area (Å²) in [5.41, 5.74) is 1.96. The van der Waals surface area contributed by atoms with Crippen molar-refractivity contribution in [3.63, 3.8) is 0 Å². The smallest absolute Gasteiger partial charge is 0.273 e. The molecule has 5 nitrogen and oxygen atoms in total. The molecule has 0 fully saturated rings. The number of benzene rings is 1. The highest BCUT2D eigenvalue weighted by atomic mass is 35.5. The van der Waals surface area contributed by atoms with Gasteiger partial charge in [-0.1, -0.05) is 17.7 Å². The minimum atomic E-state index is -0.282. The number of amides is 1. The Hall–Kier alpha value is -2.66.